The lowest BCUT2D eigenvalue weighted by atomic mass is 9.91. The minimum atomic E-state index is -0.102. The summed E-state index contributed by atoms with van der Waals surface area (Å²) in [6.45, 7) is 4.45. The Labute approximate surface area is 88.1 Å². The van der Waals surface area contributed by atoms with Crippen molar-refractivity contribution in [3.05, 3.63) is 0 Å². The standard InChI is InChI=1S/C12H25NO/c1-3-7-10(4-2)13-11-8-5-6-9-12(11)14/h10-14H,3-9H2,1-2H3. The van der Waals surface area contributed by atoms with Crippen LogP contribution in [0.25, 0.3) is 0 Å². The molecule has 1 aliphatic rings. The van der Waals surface area contributed by atoms with Crippen molar-refractivity contribution in [2.75, 3.05) is 0 Å². The highest BCUT2D eigenvalue weighted by molar-refractivity contribution is 4.83. The van der Waals surface area contributed by atoms with E-state index in [1.165, 1.54) is 32.1 Å². The lowest BCUT2D eigenvalue weighted by molar-refractivity contribution is 0.0837. The molecular formula is C12H25NO. The fourth-order valence-corrected chi connectivity index (χ4v) is 2.36. The largest absolute Gasteiger partial charge is 0.392 e. The Balaban J connectivity index is 2.31. The molecule has 0 radical (unpaired) electrons. The van der Waals surface area contributed by atoms with E-state index in [4.69, 9.17) is 0 Å². The zero-order valence-electron chi connectivity index (χ0n) is 9.63. The van der Waals surface area contributed by atoms with Crippen LogP contribution in [0.5, 0.6) is 0 Å². The van der Waals surface area contributed by atoms with Gasteiger partial charge in [0.2, 0.25) is 0 Å². The van der Waals surface area contributed by atoms with Gasteiger partial charge in [-0.2, -0.15) is 0 Å². The van der Waals surface area contributed by atoms with Crippen molar-refractivity contribution in [1.29, 1.82) is 0 Å². The monoisotopic (exact) mass is 199 g/mol. The van der Waals surface area contributed by atoms with E-state index in [0.29, 0.717) is 12.1 Å². The maximum Gasteiger partial charge on any atom is 0.0693 e. The van der Waals surface area contributed by atoms with Gasteiger partial charge in [-0.1, -0.05) is 33.1 Å². The van der Waals surface area contributed by atoms with E-state index in [1.807, 2.05) is 0 Å². The quantitative estimate of drug-likeness (QED) is 0.713. The van der Waals surface area contributed by atoms with Gasteiger partial charge < -0.3 is 10.4 Å². The van der Waals surface area contributed by atoms with Crippen molar-refractivity contribution < 1.29 is 5.11 Å². The first kappa shape index (κ1) is 12.0. The zero-order chi connectivity index (χ0) is 10.4. The fourth-order valence-electron chi connectivity index (χ4n) is 2.36. The molecule has 14 heavy (non-hydrogen) atoms. The van der Waals surface area contributed by atoms with E-state index in [1.54, 1.807) is 0 Å². The average molecular weight is 199 g/mol. The summed E-state index contributed by atoms with van der Waals surface area (Å²) in [6.07, 6.45) is 8.16. The molecule has 2 nitrogen and oxygen atoms in total. The maximum absolute atomic E-state index is 9.82. The second-order valence-corrected chi connectivity index (χ2v) is 4.52. The number of nitrogens with one attached hydrogen (secondary N) is 1. The number of hydrogen-bond donors (Lipinski definition) is 2. The highest BCUT2D eigenvalue weighted by atomic mass is 16.3. The molecule has 2 heteroatoms. The van der Waals surface area contributed by atoms with Crippen LogP contribution in [0.4, 0.5) is 0 Å². The van der Waals surface area contributed by atoms with Gasteiger partial charge in [0.25, 0.3) is 0 Å². The minimum absolute atomic E-state index is 0.102. The molecule has 84 valence electrons. The second kappa shape index (κ2) is 6.41. The maximum atomic E-state index is 9.82. The molecular weight excluding hydrogens is 174 g/mol. The molecule has 0 spiro atoms. The highest BCUT2D eigenvalue weighted by Gasteiger charge is 2.24. The third-order valence-electron chi connectivity index (χ3n) is 3.31. The van der Waals surface area contributed by atoms with Crippen LogP contribution in [0.3, 0.4) is 0 Å². The Morgan fingerprint density at radius 1 is 1.29 bits per heavy atom. The average Bonchev–Trinajstić information content (AvgIpc) is 2.20. The summed E-state index contributed by atoms with van der Waals surface area (Å²) in [6, 6.07) is 0.970. The van der Waals surface area contributed by atoms with E-state index >= 15 is 0 Å². The highest BCUT2D eigenvalue weighted by Crippen LogP contribution is 2.19. The van der Waals surface area contributed by atoms with Gasteiger partial charge in [-0.15, -0.1) is 0 Å². The molecule has 0 aromatic rings. The smallest absolute Gasteiger partial charge is 0.0693 e. The minimum Gasteiger partial charge on any atom is -0.392 e. The molecule has 3 atom stereocenters. The van der Waals surface area contributed by atoms with E-state index in [2.05, 4.69) is 19.2 Å². The molecule has 2 N–H and O–H groups in total. The molecule has 0 aromatic carbocycles. The van der Waals surface area contributed by atoms with Crippen molar-refractivity contribution in [3.63, 3.8) is 0 Å². The van der Waals surface area contributed by atoms with Gasteiger partial charge in [0.15, 0.2) is 0 Å². The number of aliphatic hydroxyl groups is 1. The van der Waals surface area contributed by atoms with Crippen LogP contribution in [0, 0.1) is 0 Å². The molecule has 0 amide bonds. The first-order chi connectivity index (χ1) is 6.77. The van der Waals surface area contributed by atoms with Gasteiger partial charge in [0, 0.05) is 12.1 Å². The zero-order valence-corrected chi connectivity index (χ0v) is 9.63. The van der Waals surface area contributed by atoms with E-state index in [9.17, 15) is 5.11 Å². The molecule has 1 aliphatic carbocycles. The summed E-state index contributed by atoms with van der Waals surface area (Å²) in [4.78, 5) is 0. The molecule has 1 saturated carbocycles. The number of aliphatic hydroxyl groups excluding tert-OH is 1. The SMILES string of the molecule is CCCC(CC)NC1CCCCC1O. The van der Waals surface area contributed by atoms with Crippen molar-refractivity contribution in [2.24, 2.45) is 0 Å². The van der Waals surface area contributed by atoms with E-state index in [-0.39, 0.29) is 6.10 Å². The van der Waals surface area contributed by atoms with Crippen LogP contribution in [0.1, 0.15) is 58.8 Å². The van der Waals surface area contributed by atoms with E-state index in [0.717, 1.165) is 12.8 Å². The summed E-state index contributed by atoms with van der Waals surface area (Å²) in [5.41, 5.74) is 0. The van der Waals surface area contributed by atoms with Crippen LogP contribution < -0.4 is 5.32 Å². The third-order valence-corrected chi connectivity index (χ3v) is 3.31. The predicted octanol–water partition coefficient (Wildman–Crippen LogP) is 2.46. The lowest BCUT2D eigenvalue weighted by Crippen LogP contribution is -2.46. The van der Waals surface area contributed by atoms with Crippen LogP contribution in [-0.4, -0.2) is 23.3 Å². The van der Waals surface area contributed by atoms with E-state index < -0.39 is 0 Å². The Morgan fingerprint density at radius 3 is 2.57 bits per heavy atom. The van der Waals surface area contributed by atoms with Gasteiger partial charge in [0.05, 0.1) is 6.10 Å². The summed E-state index contributed by atoms with van der Waals surface area (Å²) < 4.78 is 0. The Kier molecular flexibility index (Phi) is 5.49. The Hall–Kier alpha value is -0.0800. The predicted molar refractivity (Wildman–Crippen MR) is 60.4 cm³/mol. The van der Waals surface area contributed by atoms with Crippen molar-refractivity contribution in [2.45, 2.75) is 77.0 Å². The van der Waals surface area contributed by atoms with Gasteiger partial charge >= 0.3 is 0 Å². The number of hydrogen-bond acceptors (Lipinski definition) is 2. The fraction of sp³-hybridized carbons (Fsp3) is 1.00. The summed E-state index contributed by atoms with van der Waals surface area (Å²) in [7, 11) is 0. The molecule has 0 saturated heterocycles. The van der Waals surface area contributed by atoms with Crippen LogP contribution in [0.2, 0.25) is 0 Å². The molecule has 3 unspecified atom stereocenters. The Morgan fingerprint density at radius 2 is 2.00 bits per heavy atom. The molecule has 0 aromatic heterocycles. The Bertz CT molecular complexity index is 149. The lowest BCUT2D eigenvalue weighted by Gasteiger charge is -2.32. The molecule has 0 bridgehead atoms. The van der Waals surface area contributed by atoms with Crippen LogP contribution in [-0.2, 0) is 0 Å². The van der Waals surface area contributed by atoms with Crippen molar-refractivity contribution in [1.82, 2.24) is 5.32 Å². The molecule has 1 fully saturated rings. The van der Waals surface area contributed by atoms with Gasteiger partial charge in [-0.05, 0) is 25.7 Å². The molecule has 1 rings (SSSR count). The van der Waals surface area contributed by atoms with Crippen LogP contribution >= 0.6 is 0 Å². The first-order valence-electron chi connectivity index (χ1n) is 6.22. The van der Waals surface area contributed by atoms with Crippen molar-refractivity contribution in [3.8, 4) is 0 Å². The van der Waals surface area contributed by atoms with Gasteiger partial charge in [0.1, 0.15) is 0 Å². The molecule has 0 aliphatic heterocycles. The summed E-state index contributed by atoms with van der Waals surface area (Å²) in [5.74, 6) is 0. The summed E-state index contributed by atoms with van der Waals surface area (Å²) >= 11 is 0. The van der Waals surface area contributed by atoms with Crippen LogP contribution in [0.15, 0.2) is 0 Å². The number of rotatable bonds is 5. The third kappa shape index (κ3) is 3.58. The van der Waals surface area contributed by atoms with Crippen molar-refractivity contribution >= 4 is 0 Å². The summed E-state index contributed by atoms with van der Waals surface area (Å²) in [5, 5.41) is 13.4. The second-order valence-electron chi connectivity index (χ2n) is 4.52. The first-order valence-corrected chi connectivity index (χ1v) is 6.22. The normalized spacial score (nSPS) is 30.2. The van der Waals surface area contributed by atoms with Gasteiger partial charge in [-0.25, -0.2) is 0 Å². The molecule has 0 heterocycles. The topological polar surface area (TPSA) is 32.3 Å². The van der Waals surface area contributed by atoms with Gasteiger partial charge in [-0.3, -0.25) is 0 Å².